The molecule has 0 unspecified atom stereocenters. The molecule has 0 aliphatic rings. The molecular formula is C19H20N4OS. The van der Waals surface area contributed by atoms with E-state index in [1.807, 2.05) is 42.5 Å². The normalized spacial score (nSPS) is 10.5. The molecule has 0 spiro atoms. The molecule has 2 aromatic heterocycles. The van der Waals surface area contributed by atoms with E-state index >= 15 is 0 Å². The van der Waals surface area contributed by atoms with E-state index in [-0.39, 0.29) is 5.91 Å². The Kier molecular flexibility index (Phi) is 5.40. The van der Waals surface area contributed by atoms with Crippen LogP contribution in [0.3, 0.4) is 0 Å². The van der Waals surface area contributed by atoms with Crippen LogP contribution in [0.5, 0.6) is 0 Å². The zero-order valence-electron chi connectivity index (χ0n) is 14.3. The highest BCUT2D eigenvalue weighted by atomic mass is 32.1. The average Bonchev–Trinajstić information content (AvgIpc) is 3.15. The standard InChI is InChI=1S/C19H20N4OS/c1-3-23(4-2)17-11-10-15(12-20-17)22-18(24)16-13-21-19(25-16)14-8-6-5-7-9-14/h5-13H,3-4H2,1-2H3,(H,22,24). The molecule has 0 atom stereocenters. The van der Waals surface area contributed by atoms with E-state index in [2.05, 4.69) is 34.0 Å². The Labute approximate surface area is 151 Å². The average molecular weight is 352 g/mol. The Morgan fingerprint density at radius 2 is 1.80 bits per heavy atom. The van der Waals surface area contributed by atoms with Crippen LogP contribution in [0.2, 0.25) is 0 Å². The van der Waals surface area contributed by atoms with Crippen molar-refractivity contribution in [3.05, 3.63) is 59.7 Å². The van der Waals surface area contributed by atoms with Gasteiger partial charge in [-0.25, -0.2) is 9.97 Å². The lowest BCUT2D eigenvalue weighted by molar-refractivity contribution is 0.103. The molecule has 0 aliphatic heterocycles. The van der Waals surface area contributed by atoms with Crippen LogP contribution in [-0.4, -0.2) is 29.0 Å². The predicted octanol–water partition coefficient (Wildman–Crippen LogP) is 4.30. The molecule has 128 valence electrons. The van der Waals surface area contributed by atoms with Crippen molar-refractivity contribution >= 4 is 28.7 Å². The van der Waals surface area contributed by atoms with Gasteiger partial charge in [0, 0.05) is 18.7 Å². The van der Waals surface area contributed by atoms with Crippen LogP contribution >= 0.6 is 11.3 Å². The number of amides is 1. The smallest absolute Gasteiger partial charge is 0.267 e. The third kappa shape index (κ3) is 4.03. The van der Waals surface area contributed by atoms with E-state index in [0.29, 0.717) is 10.6 Å². The first kappa shape index (κ1) is 17.1. The number of hydrogen-bond acceptors (Lipinski definition) is 5. The van der Waals surface area contributed by atoms with Crippen molar-refractivity contribution in [1.82, 2.24) is 9.97 Å². The van der Waals surface area contributed by atoms with E-state index in [4.69, 9.17) is 0 Å². The molecule has 1 aromatic carbocycles. The topological polar surface area (TPSA) is 58.1 Å². The van der Waals surface area contributed by atoms with Gasteiger partial charge in [-0.15, -0.1) is 11.3 Å². The lowest BCUT2D eigenvalue weighted by Crippen LogP contribution is -2.22. The quantitative estimate of drug-likeness (QED) is 0.718. The van der Waals surface area contributed by atoms with Gasteiger partial charge < -0.3 is 10.2 Å². The van der Waals surface area contributed by atoms with Crippen LogP contribution in [0, 0.1) is 0 Å². The van der Waals surface area contributed by atoms with E-state index in [9.17, 15) is 4.79 Å². The maximum absolute atomic E-state index is 12.4. The van der Waals surface area contributed by atoms with E-state index in [0.717, 1.165) is 29.5 Å². The van der Waals surface area contributed by atoms with Crippen molar-refractivity contribution in [2.75, 3.05) is 23.3 Å². The number of nitrogens with zero attached hydrogens (tertiary/aromatic N) is 3. The summed E-state index contributed by atoms with van der Waals surface area (Å²) in [4.78, 5) is 23.9. The fourth-order valence-electron chi connectivity index (χ4n) is 2.48. The summed E-state index contributed by atoms with van der Waals surface area (Å²) in [6.45, 7) is 5.99. The van der Waals surface area contributed by atoms with Crippen LogP contribution in [0.4, 0.5) is 11.5 Å². The molecular weight excluding hydrogens is 332 g/mol. The summed E-state index contributed by atoms with van der Waals surface area (Å²) >= 11 is 1.38. The van der Waals surface area contributed by atoms with Crippen molar-refractivity contribution in [2.45, 2.75) is 13.8 Å². The number of thiazole rings is 1. The number of carbonyl (C=O) groups excluding carboxylic acids is 1. The van der Waals surface area contributed by atoms with E-state index in [1.54, 1.807) is 12.4 Å². The van der Waals surface area contributed by atoms with E-state index in [1.165, 1.54) is 11.3 Å². The van der Waals surface area contributed by atoms with Gasteiger partial charge in [-0.05, 0) is 26.0 Å². The summed E-state index contributed by atoms with van der Waals surface area (Å²) < 4.78 is 0. The lowest BCUT2D eigenvalue weighted by Gasteiger charge is -2.19. The molecule has 0 radical (unpaired) electrons. The molecule has 0 fully saturated rings. The van der Waals surface area contributed by atoms with Crippen molar-refractivity contribution < 1.29 is 4.79 Å². The Hall–Kier alpha value is -2.73. The molecule has 3 rings (SSSR count). The number of carbonyl (C=O) groups is 1. The molecule has 5 nitrogen and oxygen atoms in total. The second kappa shape index (κ2) is 7.90. The first-order valence-corrected chi connectivity index (χ1v) is 9.06. The minimum atomic E-state index is -0.169. The highest BCUT2D eigenvalue weighted by Gasteiger charge is 2.12. The molecule has 3 aromatic rings. The third-order valence-electron chi connectivity index (χ3n) is 3.84. The number of benzene rings is 1. The Bertz CT molecular complexity index is 826. The Morgan fingerprint density at radius 1 is 1.04 bits per heavy atom. The number of anilines is 2. The minimum absolute atomic E-state index is 0.169. The molecule has 0 bridgehead atoms. The Morgan fingerprint density at radius 3 is 2.44 bits per heavy atom. The zero-order valence-corrected chi connectivity index (χ0v) is 15.1. The first-order valence-electron chi connectivity index (χ1n) is 8.24. The molecule has 2 heterocycles. The van der Waals surface area contributed by atoms with Crippen LogP contribution in [-0.2, 0) is 0 Å². The molecule has 0 saturated heterocycles. The van der Waals surface area contributed by atoms with Crippen LogP contribution < -0.4 is 10.2 Å². The SMILES string of the molecule is CCN(CC)c1ccc(NC(=O)c2cnc(-c3ccccc3)s2)cn1. The van der Waals surface area contributed by atoms with Gasteiger partial charge in [-0.1, -0.05) is 30.3 Å². The number of nitrogens with one attached hydrogen (secondary N) is 1. The van der Waals surface area contributed by atoms with Crippen LogP contribution in [0.25, 0.3) is 10.6 Å². The summed E-state index contributed by atoms with van der Waals surface area (Å²) in [5, 5.41) is 3.71. The van der Waals surface area contributed by atoms with Crippen molar-refractivity contribution in [1.29, 1.82) is 0 Å². The first-order chi connectivity index (χ1) is 12.2. The van der Waals surface area contributed by atoms with Gasteiger partial charge in [-0.3, -0.25) is 4.79 Å². The predicted molar refractivity (Wildman–Crippen MR) is 103 cm³/mol. The third-order valence-corrected chi connectivity index (χ3v) is 4.89. The van der Waals surface area contributed by atoms with Gasteiger partial charge >= 0.3 is 0 Å². The summed E-state index contributed by atoms with van der Waals surface area (Å²) in [7, 11) is 0. The summed E-state index contributed by atoms with van der Waals surface area (Å²) in [5.74, 6) is 0.740. The lowest BCUT2D eigenvalue weighted by atomic mass is 10.2. The fraction of sp³-hybridized carbons (Fsp3) is 0.211. The minimum Gasteiger partial charge on any atom is -0.357 e. The van der Waals surface area contributed by atoms with Gasteiger partial charge in [0.15, 0.2) is 0 Å². The Balaban J connectivity index is 1.69. The molecule has 6 heteroatoms. The van der Waals surface area contributed by atoms with Crippen molar-refractivity contribution in [2.24, 2.45) is 0 Å². The summed E-state index contributed by atoms with van der Waals surface area (Å²) in [6, 6.07) is 13.6. The second-order valence-electron chi connectivity index (χ2n) is 5.43. The molecule has 0 aliphatic carbocycles. The zero-order chi connectivity index (χ0) is 17.6. The van der Waals surface area contributed by atoms with Crippen LogP contribution in [0.1, 0.15) is 23.5 Å². The monoisotopic (exact) mass is 352 g/mol. The van der Waals surface area contributed by atoms with E-state index < -0.39 is 0 Å². The molecule has 1 amide bonds. The maximum atomic E-state index is 12.4. The number of hydrogen-bond donors (Lipinski definition) is 1. The summed E-state index contributed by atoms with van der Waals surface area (Å²) in [5.41, 5.74) is 1.69. The largest absolute Gasteiger partial charge is 0.357 e. The number of rotatable bonds is 6. The molecule has 25 heavy (non-hydrogen) atoms. The van der Waals surface area contributed by atoms with Gasteiger partial charge in [0.05, 0.1) is 18.1 Å². The van der Waals surface area contributed by atoms with Crippen LogP contribution in [0.15, 0.2) is 54.9 Å². The number of aromatic nitrogens is 2. The second-order valence-corrected chi connectivity index (χ2v) is 6.46. The van der Waals surface area contributed by atoms with Gasteiger partial charge in [0.1, 0.15) is 15.7 Å². The highest BCUT2D eigenvalue weighted by molar-refractivity contribution is 7.17. The van der Waals surface area contributed by atoms with Crippen molar-refractivity contribution in [3.63, 3.8) is 0 Å². The maximum Gasteiger partial charge on any atom is 0.267 e. The molecule has 1 N–H and O–H groups in total. The van der Waals surface area contributed by atoms with Gasteiger partial charge in [0.2, 0.25) is 0 Å². The van der Waals surface area contributed by atoms with Gasteiger partial charge in [0.25, 0.3) is 5.91 Å². The highest BCUT2D eigenvalue weighted by Crippen LogP contribution is 2.25. The number of pyridine rings is 1. The molecule has 0 saturated carbocycles. The summed E-state index contributed by atoms with van der Waals surface area (Å²) in [6.07, 6.45) is 3.30. The van der Waals surface area contributed by atoms with Crippen molar-refractivity contribution in [3.8, 4) is 10.6 Å². The van der Waals surface area contributed by atoms with Gasteiger partial charge in [-0.2, -0.15) is 0 Å². The fourth-order valence-corrected chi connectivity index (χ4v) is 3.30.